The number of aromatic nitrogens is 3. The molecule has 1 saturated heterocycles. The van der Waals surface area contributed by atoms with E-state index in [9.17, 15) is 4.79 Å². The van der Waals surface area contributed by atoms with Gasteiger partial charge in [0.2, 0.25) is 5.91 Å². The van der Waals surface area contributed by atoms with Gasteiger partial charge in [-0.3, -0.25) is 9.79 Å². The van der Waals surface area contributed by atoms with Gasteiger partial charge in [0.1, 0.15) is 12.2 Å². The lowest BCUT2D eigenvalue weighted by Crippen LogP contribution is -2.40. The predicted molar refractivity (Wildman–Crippen MR) is 118 cm³/mol. The molecule has 0 radical (unpaired) electrons. The fraction of sp³-hybridized carbons (Fsp3) is 0.778. The highest BCUT2D eigenvalue weighted by Gasteiger charge is 2.18. The smallest absolute Gasteiger partial charge is 0.222 e. The first-order chi connectivity index (χ1) is 12.6. The van der Waals surface area contributed by atoms with Crippen LogP contribution < -0.4 is 10.6 Å². The first-order valence-corrected chi connectivity index (χ1v) is 9.76. The van der Waals surface area contributed by atoms with Gasteiger partial charge in [0.05, 0.1) is 0 Å². The molecule has 0 unspecified atom stereocenters. The number of carbonyl (C=O) groups excluding carboxylic acids is 1. The zero-order chi connectivity index (χ0) is 18.8. The van der Waals surface area contributed by atoms with Crippen LogP contribution in [0.2, 0.25) is 0 Å². The summed E-state index contributed by atoms with van der Waals surface area (Å²) in [7, 11) is 0. The average Bonchev–Trinajstić information content (AvgIpc) is 3.24. The largest absolute Gasteiger partial charge is 0.356 e. The van der Waals surface area contributed by atoms with Crippen molar-refractivity contribution in [2.75, 3.05) is 32.7 Å². The van der Waals surface area contributed by atoms with Crippen molar-refractivity contribution in [2.45, 2.75) is 53.0 Å². The standard InChI is InChI=1S/C18H33N7O.HI/c1-4-16-23-22-14-25(16)12-9-20-18(21-13-15(2)3)19-8-6-11-24-10-5-7-17(24)26;/h14-15H,4-13H2,1-3H3,(H2,19,20,21);1H. The summed E-state index contributed by atoms with van der Waals surface area (Å²) in [5.74, 6) is 2.63. The Bertz CT molecular complexity index is 588. The number of nitrogens with zero attached hydrogens (tertiary/aromatic N) is 5. The van der Waals surface area contributed by atoms with Crippen LogP contribution >= 0.6 is 24.0 Å². The third-order valence-electron chi connectivity index (χ3n) is 4.34. The molecule has 1 fully saturated rings. The van der Waals surface area contributed by atoms with Crippen LogP contribution in [0, 0.1) is 5.92 Å². The van der Waals surface area contributed by atoms with E-state index in [0.29, 0.717) is 12.3 Å². The second kappa shape index (κ2) is 12.9. The van der Waals surface area contributed by atoms with Crippen molar-refractivity contribution in [2.24, 2.45) is 10.9 Å². The Hall–Kier alpha value is -1.39. The van der Waals surface area contributed by atoms with Crippen LogP contribution in [0.15, 0.2) is 11.3 Å². The molecule has 0 atom stereocenters. The van der Waals surface area contributed by atoms with Crippen LogP contribution in [0.1, 0.15) is 45.9 Å². The number of carbonyl (C=O) groups is 1. The minimum Gasteiger partial charge on any atom is -0.356 e. The van der Waals surface area contributed by atoms with Gasteiger partial charge in [-0.05, 0) is 18.8 Å². The van der Waals surface area contributed by atoms with E-state index in [1.54, 1.807) is 6.33 Å². The molecule has 1 aromatic rings. The van der Waals surface area contributed by atoms with E-state index < -0.39 is 0 Å². The Morgan fingerprint density at radius 2 is 2.07 bits per heavy atom. The van der Waals surface area contributed by atoms with Gasteiger partial charge in [0.15, 0.2) is 5.96 Å². The molecule has 9 heteroatoms. The highest BCUT2D eigenvalue weighted by molar-refractivity contribution is 14.0. The van der Waals surface area contributed by atoms with Crippen LogP contribution in [0.25, 0.3) is 0 Å². The molecule has 2 rings (SSSR count). The van der Waals surface area contributed by atoms with Crippen LogP contribution in [-0.2, 0) is 17.8 Å². The maximum Gasteiger partial charge on any atom is 0.222 e. The van der Waals surface area contributed by atoms with Crippen molar-refractivity contribution in [3.8, 4) is 0 Å². The van der Waals surface area contributed by atoms with Crippen molar-refractivity contribution in [1.82, 2.24) is 30.3 Å². The molecular weight excluding hydrogens is 457 g/mol. The summed E-state index contributed by atoms with van der Waals surface area (Å²) < 4.78 is 2.06. The minimum atomic E-state index is 0. The molecule has 1 aliphatic heterocycles. The molecule has 0 aliphatic carbocycles. The lowest BCUT2D eigenvalue weighted by molar-refractivity contribution is -0.127. The molecule has 0 bridgehead atoms. The van der Waals surface area contributed by atoms with E-state index in [4.69, 9.17) is 0 Å². The van der Waals surface area contributed by atoms with Crippen molar-refractivity contribution < 1.29 is 4.79 Å². The Morgan fingerprint density at radius 3 is 2.74 bits per heavy atom. The zero-order valence-electron chi connectivity index (χ0n) is 16.8. The molecule has 1 aromatic heterocycles. The highest BCUT2D eigenvalue weighted by Crippen LogP contribution is 2.09. The van der Waals surface area contributed by atoms with Crippen LogP contribution in [0.4, 0.5) is 0 Å². The summed E-state index contributed by atoms with van der Waals surface area (Å²) in [5.41, 5.74) is 0. The number of likely N-dealkylation sites (tertiary alicyclic amines) is 1. The Morgan fingerprint density at radius 1 is 1.30 bits per heavy atom. The fourth-order valence-corrected chi connectivity index (χ4v) is 2.90. The molecule has 1 amide bonds. The maximum atomic E-state index is 11.6. The number of aryl methyl sites for hydroxylation is 1. The zero-order valence-corrected chi connectivity index (χ0v) is 19.1. The molecule has 2 heterocycles. The van der Waals surface area contributed by atoms with E-state index in [2.05, 4.69) is 51.2 Å². The lowest BCUT2D eigenvalue weighted by Gasteiger charge is -2.17. The molecule has 2 N–H and O–H groups in total. The van der Waals surface area contributed by atoms with E-state index >= 15 is 0 Å². The Kier molecular flexibility index (Phi) is 11.3. The van der Waals surface area contributed by atoms with Gasteiger partial charge < -0.3 is 20.1 Å². The summed E-state index contributed by atoms with van der Waals surface area (Å²) in [4.78, 5) is 18.2. The molecule has 8 nitrogen and oxygen atoms in total. The van der Waals surface area contributed by atoms with Crippen molar-refractivity contribution in [1.29, 1.82) is 0 Å². The van der Waals surface area contributed by atoms with Gasteiger partial charge in [-0.25, -0.2) is 0 Å². The second-order valence-electron chi connectivity index (χ2n) is 7.07. The molecule has 154 valence electrons. The SMILES string of the molecule is CCc1nncn1CCNC(=NCC(C)C)NCCCN1CCCC1=O.I. The van der Waals surface area contributed by atoms with Gasteiger partial charge in [0.25, 0.3) is 0 Å². The Labute approximate surface area is 179 Å². The van der Waals surface area contributed by atoms with Crippen molar-refractivity contribution >= 4 is 35.8 Å². The summed E-state index contributed by atoms with van der Waals surface area (Å²) in [5, 5.41) is 14.8. The maximum absolute atomic E-state index is 11.6. The molecule has 0 spiro atoms. The third-order valence-corrected chi connectivity index (χ3v) is 4.34. The summed E-state index contributed by atoms with van der Waals surface area (Å²) in [6.07, 6.45) is 5.28. The minimum absolute atomic E-state index is 0. The number of halogens is 1. The van der Waals surface area contributed by atoms with E-state index in [1.807, 2.05) is 4.90 Å². The number of rotatable bonds is 10. The summed E-state index contributed by atoms with van der Waals surface area (Å²) >= 11 is 0. The number of aliphatic imine (C=N–C) groups is 1. The number of hydrogen-bond acceptors (Lipinski definition) is 4. The van der Waals surface area contributed by atoms with Crippen LogP contribution in [0.5, 0.6) is 0 Å². The monoisotopic (exact) mass is 491 g/mol. The van der Waals surface area contributed by atoms with Crippen LogP contribution in [0.3, 0.4) is 0 Å². The molecule has 0 aromatic carbocycles. The Balaban J connectivity index is 0.00000364. The average molecular weight is 491 g/mol. The normalized spacial score (nSPS) is 14.6. The number of nitrogens with one attached hydrogen (secondary N) is 2. The van der Waals surface area contributed by atoms with E-state index in [1.165, 1.54) is 0 Å². The predicted octanol–water partition coefficient (Wildman–Crippen LogP) is 1.66. The van der Waals surface area contributed by atoms with Gasteiger partial charge in [-0.2, -0.15) is 0 Å². The number of hydrogen-bond donors (Lipinski definition) is 2. The molecule has 0 saturated carbocycles. The first-order valence-electron chi connectivity index (χ1n) is 9.76. The van der Waals surface area contributed by atoms with Gasteiger partial charge in [-0.1, -0.05) is 20.8 Å². The molecule has 27 heavy (non-hydrogen) atoms. The quantitative estimate of drug-likeness (QED) is 0.225. The number of guanidine groups is 1. The summed E-state index contributed by atoms with van der Waals surface area (Å²) in [6, 6.07) is 0. The summed E-state index contributed by atoms with van der Waals surface area (Å²) in [6.45, 7) is 11.3. The first kappa shape index (κ1) is 23.6. The second-order valence-corrected chi connectivity index (χ2v) is 7.07. The lowest BCUT2D eigenvalue weighted by atomic mass is 10.2. The topological polar surface area (TPSA) is 87.4 Å². The van der Waals surface area contributed by atoms with Crippen molar-refractivity contribution in [3.05, 3.63) is 12.2 Å². The van der Waals surface area contributed by atoms with Crippen molar-refractivity contribution in [3.63, 3.8) is 0 Å². The van der Waals surface area contributed by atoms with E-state index in [-0.39, 0.29) is 29.9 Å². The number of amides is 1. The van der Waals surface area contributed by atoms with Gasteiger partial charge >= 0.3 is 0 Å². The van der Waals surface area contributed by atoms with Crippen LogP contribution in [-0.4, -0.2) is 64.3 Å². The highest BCUT2D eigenvalue weighted by atomic mass is 127. The molecular formula is C18H34IN7O. The fourth-order valence-electron chi connectivity index (χ4n) is 2.90. The van der Waals surface area contributed by atoms with Gasteiger partial charge in [-0.15, -0.1) is 34.2 Å². The third kappa shape index (κ3) is 8.44. The van der Waals surface area contributed by atoms with E-state index in [0.717, 1.165) is 70.3 Å². The van der Waals surface area contributed by atoms with Gasteiger partial charge in [0, 0.05) is 52.1 Å². The molecule has 1 aliphatic rings.